The molecule has 5 heterocycles. The molecule has 4 aliphatic rings. The molecule has 6 rings (SSSR count). The van der Waals surface area contributed by atoms with Gasteiger partial charge in [-0.25, -0.2) is 0 Å². The van der Waals surface area contributed by atoms with E-state index in [9.17, 15) is 4.79 Å². The van der Waals surface area contributed by atoms with Crippen molar-refractivity contribution in [1.29, 1.82) is 0 Å². The lowest BCUT2D eigenvalue weighted by Crippen LogP contribution is -2.51. The minimum absolute atomic E-state index is 0. The molecule has 1 amide bonds. The first-order chi connectivity index (χ1) is 13.2. The number of aromatic nitrogens is 1. The van der Waals surface area contributed by atoms with Gasteiger partial charge in [0.1, 0.15) is 5.52 Å². The van der Waals surface area contributed by atoms with Crippen LogP contribution in [0.5, 0.6) is 0 Å². The van der Waals surface area contributed by atoms with E-state index in [1.165, 1.54) is 6.42 Å². The van der Waals surface area contributed by atoms with Gasteiger partial charge in [-0.3, -0.25) is 4.79 Å². The zero-order valence-electron chi connectivity index (χ0n) is 16.2. The number of carbonyl (C=O) groups excluding carboxylic acids is 1. The van der Waals surface area contributed by atoms with Gasteiger partial charge in [0.2, 0.25) is 5.91 Å². The molecule has 0 unspecified atom stereocenters. The van der Waals surface area contributed by atoms with Gasteiger partial charge in [-0.2, -0.15) is 4.98 Å². The number of benzene rings is 1. The molecule has 0 saturated carbocycles. The molecule has 4 saturated heterocycles. The first-order valence-electron chi connectivity index (χ1n) is 9.99. The number of amides is 1. The molecule has 2 atom stereocenters. The van der Waals surface area contributed by atoms with Crippen LogP contribution in [-0.4, -0.2) is 54.6 Å². The summed E-state index contributed by atoms with van der Waals surface area (Å²) in [6.45, 7) is 4.55. The van der Waals surface area contributed by atoms with Crippen molar-refractivity contribution in [3.05, 3.63) is 23.2 Å². The van der Waals surface area contributed by atoms with E-state index in [0.29, 0.717) is 34.5 Å². The van der Waals surface area contributed by atoms with Gasteiger partial charge in [-0.15, -0.1) is 24.8 Å². The number of hydrogen-bond donors (Lipinski definition) is 1. The van der Waals surface area contributed by atoms with Gasteiger partial charge in [-0.05, 0) is 50.3 Å². The third kappa shape index (κ3) is 4.46. The Hall–Kier alpha value is -1.21. The summed E-state index contributed by atoms with van der Waals surface area (Å²) in [6.07, 6.45) is 4.12. The van der Waals surface area contributed by atoms with Crippen molar-refractivity contribution in [2.24, 2.45) is 11.8 Å². The molecule has 1 aromatic carbocycles. The molecule has 4 fully saturated rings. The number of fused-ring (bicyclic) bond motifs is 5. The van der Waals surface area contributed by atoms with Crippen molar-refractivity contribution in [3.63, 3.8) is 0 Å². The topological polar surface area (TPSA) is 61.6 Å². The minimum Gasteiger partial charge on any atom is -0.423 e. The molecule has 4 aliphatic heterocycles. The van der Waals surface area contributed by atoms with Crippen LogP contribution in [0.3, 0.4) is 0 Å². The summed E-state index contributed by atoms with van der Waals surface area (Å²) >= 11 is 6.03. The summed E-state index contributed by atoms with van der Waals surface area (Å²) < 4.78 is 5.88. The Kier molecular flexibility index (Phi) is 7.20. The van der Waals surface area contributed by atoms with Crippen LogP contribution in [0.15, 0.2) is 22.6 Å². The number of oxazole rings is 1. The quantitative estimate of drug-likeness (QED) is 0.738. The van der Waals surface area contributed by atoms with Crippen molar-refractivity contribution >= 4 is 59.4 Å². The Balaban J connectivity index is 0.00000120. The monoisotopic (exact) mass is 460 g/mol. The molecule has 9 heteroatoms. The molecule has 0 spiro atoms. The summed E-state index contributed by atoms with van der Waals surface area (Å²) in [6, 6.07) is 6.52. The third-order valence-electron chi connectivity index (χ3n) is 6.35. The molecular weight excluding hydrogens is 435 g/mol. The van der Waals surface area contributed by atoms with Crippen molar-refractivity contribution in [3.8, 4) is 0 Å². The summed E-state index contributed by atoms with van der Waals surface area (Å²) in [7, 11) is 0. The average Bonchev–Trinajstić information content (AvgIpc) is 2.85. The van der Waals surface area contributed by atoms with Gasteiger partial charge in [0.05, 0.1) is 0 Å². The molecule has 0 radical (unpaired) electrons. The molecule has 160 valence electrons. The number of halogens is 3. The highest BCUT2D eigenvalue weighted by Crippen LogP contribution is 2.31. The molecule has 2 aromatic rings. The van der Waals surface area contributed by atoms with Crippen molar-refractivity contribution < 1.29 is 9.21 Å². The number of nitrogens with one attached hydrogen (secondary N) is 1. The van der Waals surface area contributed by atoms with Crippen LogP contribution in [0, 0.1) is 11.8 Å². The maximum absolute atomic E-state index is 13.1. The summed E-state index contributed by atoms with van der Waals surface area (Å²) in [4.78, 5) is 22.0. The second-order valence-electron chi connectivity index (χ2n) is 8.12. The molecule has 1 aromatic heterocycles. The van der Waals surface area contributed by atoms with E-state index in [4.69, 9.17) is 16.0 Å². The van der Waals surface area contributed by atoms with E-state index in [2.05, 4.69) is 20.1 Å². The minimum atomic E-state index is 0. The van der Waals surface area contributed by atoms with Crippen LogP contribution in [0.25, 0.3) is 11.1 Å². The lowest BCUT2D eigenvalue weighted by atomic mass is 9.90. The van der Waals surface area contributed by atoms with E-state index in [0.717, 1.165) is 57.5 Å². The number of piperidine rings is 2. The normalized spacial score (nSPS) is 24.7. The van der Waals surface area contributed by atoms with E-state index in [1.54, 1.807) is 6.07 Å². The Morgan fingerprint density at radius 2 is 1.93 bits per heavy atom. The van der Waals surface area contributed by atoms with Gasteiger partial charge in [-0.1, -0.05) is 11.6 Å². The maximum Gasteiger partial charge on any atom is 0.298 e. The highest BCUT2D eigenvalue weighted by Gasteiger charge is 2.38. The number of nitrogens with zero attached hydrogens (tertiary/aromatic N) is 3. The summed E-state index contributed by atoms with van der Waals surface area (Å²) in [5, 5.41) is 4.16. The molecule has 29 heavy (non-hydrogen) atoms. The van der Waals surface area contributed by atoms with Crippen LogP contribution in [0.1, 0.15) is 25.7 Å². The van der Waals surface area contributed by atoms with Crippen LogP contribution in [0.4, 0.5) is 6.01 Å². The Labute approximate surface area is 188 Å². The van der Waals surface area contributed by atoms with Crippen LogP contribution in [-0.2, 0) is 4.79 Å². The Morgan fingerprint density at radius 1 is 1.14 bits per heavy atom. The summed E-state index contributed by atoms with van der Waals surface area (Å²) in [5.74, 6) is 1.11. The van der Waals surface area contributed by atoms with E-state index < -0.39 is 0 Å². The third-order valence-corrected chi connectivity index (χ3v) is 6.59. The lowest BCUT2D eigenvalue weighted by molar-refractivity contribution is -0.140. The second-order valence-corrected chi connectivity index (χ2v) is 8.55. The fourth-order valence-electron chi connectivity index (χ4n) is 4.78. The highest BCUT2D eigenvalue weighted by atomic mass is 35.5. The van der Waals surface area contributed by atoms with Gasteiger partial charge in [0, 0.05) is 49.2 Å². The average molecular weight is 462 g/mol. The number of anilines is 1. The largest absolute Gasteiger partial charge is 0.423 e. The van der Waals surface area contributed by atoms with Gasteiger partial charge >= 0.3 is 0 Å². The molecule has 0 aliphatic carbocycles. The van der Waals surface area contributed by atoms with E-state index >= 15 is 0 Å². The van der Waals surface area contributed by atoms with Crippen molar-refractivity contribution in [2.75, 3.05) is 37.6 Å². The van der Waals surface area contributed by atoms with Crippen LogP contribution in [0.2, 0.25) is 5.02 Å². The molecular formula is C20H27Cl3N4O2. The number of carbonyl (C=O) groups is 1. The first kappa shape index (κ1) is 22.5. The first-order valence-corrected chi connectivity index (χ1v) is 10.4. The lowest BCUT2D eigenvalue weighted by Gasteiger charge is -2.40. The zero-order valence-corrected chi connectivity index (χ0v) is 18.6. The smallest absolute Gasteiger partial charge is 0.298 e. The fourth-order valence-corrected chi connectivity index (χ4v) is 4.94. The van der Waals surface area contributed by atoms with Gasteiger partial charge < -0.3 is 19.5 Å². The SMILES string of the molecule is Cl.Cl.O=C(C1CCN(c2nc3ccc(Cl)cc3o2)CC1)N1C[C@@H]2CC[C@H]1CNC2. The fraction of sp³-hybridized carbons (Fsp3) is 0.600. The summed E-state index contributed by atoms with van der Waals surface area (Å²) in [5.41, 5.74) is 1.53. The number of hydrogen-bond acceptors (Lipinski definition) is 5. The second kappa shape index (κ2) is 9.29. The molecule has 1 N–H and O–H groups in total. The molecule has 2 bridgehead atoms. The standard InChI is InChI=1S/C20H25ClN4O2.2ClH/c21-15-2-4-17-18(9-15)27-20(23-17)24-7-5-14(6-8-24)19(26)25-12-13-1-3-16(25)11-22-10-13;;/h2,4,9,13-14,16,22H,1,3,5-8,10-12H2;2*1H/t13-,16+;;/m1../s1. The Morgan fingerprint density at radius 3 is 2.72 bits per heavy atom. The van der Waals surface area contributed by atoms with Gasteiger partial charge in [0.15, 0.2) is 5.58 Å². The predicted molar refractivity (Wildman–Crippen MR) is 120 cm³/mol. The van der Waals surface area contributed by atoms with E-state index in [-0.39, 0.29) is 30.7 Å². The predicted octanol–water partition coefficient (Wildman–Crippen LogP) is 3.75. The number of rotatable bonds is 2. The highest BCUT2D eigenvalue weighted by molar-refractivity contribution is 6.31. The van der Waals surface area contributed by atoms with Crippen molar-refractivity contribution in [2.45, 2.75) is 31.7 Å². The van der Waals surface area contributed by atoms with Crippen LogP contribution >= 0.6 is 36.4 Å². The van der Waals surface area contributed by atoms with Crippen LogP contribution < -0.4 is 10.2 Å². The maximum atomic E-state index is 13.1. The van der Waals surface area contributed by atoms with Gasteiger partial charge in [0.25, 0.3) is 6.01 Å². The molecule has 6 nitrogen and oxygen atoms in total. The zero-order chi connectivity index (χ0) is 18.4. The Bertz CT molecular complexity index is 849. The van der Waals surface area contributed by atoms with Crippen molar-refractivity contribution in [1.82, 2.24) is 15.2 Å². The van der Waals surface area contributed by atoms with E-state index in [1.807, 2.05) is 12.1 Å².